The van der Waals surface area contributed by atoms with Crippen molar-refractivity contribution in [3.8, 4) is 5.75 Å². The van der Waals surface area contributed by atoms with E-state index in [1.807, 2.05) is 0 Å². The highest BCUT2D eigenvalue weighted by atomic mass is 32.2. The summed E-state index contributed by atoms with van der Waals surface area (Å²) >= 11 is 0. The standard InChI is InChI=1S/C20H26N4O6S.C2HF3O2/c1-14-4-2-5-17(12-14)31(27,28)24-18(19(25)26)13-15-6-8-16(9-7-15)29-10-3-11-30-23-20(21)22;3-2(4,5)1(6)7/h2,4-9,12,18,24H,3,10-11,13H2,1H3,(H,25,26)(H4,21,22,23);(H,6,7)/t18-;/m0./s1. The van der Waals surface area contributed by atoms with Crippen LogP contribution in [-0.2, 0) is 30.9 Å². The Morgan fingerprint density at radius 2 is 1.71 bits per heavy atom. The van der Waals surface area contributed by atoms with Crippen LogP contribution in [0.3, 0.4) is 0 Å². The number of aliphatic carboxylic acids is 2. The van der Waals surface area contributed by atoms with Crippen molar-refractivity contribution in [3.63, 3.8) is 0 Å². The molecule has 210 valence electrons. The number of halogens is 3. The first-order valence-electron chi connectivity index (χ1n) is 10.7. The van der Waals surface area contributed by atoms with Crippen LogP contribution in [0.25, 0.3) is 0 Å². The SMILES string of the molecule is Cc1cccc(S(=O)(=O)N[C@@H](Cc2ccc(OCCCONC(=N)N)cc2)C(=O)O)c1.O=C(O)C(F)(F)F. The fourth-order valence-electron chi connectivity index (χ4n) is 2.62. The largest absolute Gasteiger partial charge is 0.494 e. The van der Waals surface area contributed by atoms with Gasteiger partial charge in [0.25, 0.3) is 0 Å². The van der Waals surface area contributed by atoms with Gasteiger partial charge >= 0.3 is 18.1 Å². The molecule has 16 heteroatoms. The molecule has 0 fully saturated rings. The van der Waals surface area contributed by atoms with Crippen molar-refractivity contribution < 1.29 is 51.0 Å². The molecule has 2 aromatic rings. The summed E-state index contributed by atoms with van der Waals surface area (Å²) in [5, 5.41) is 23.6. The van der Waals surface area contributed by atoms with Crippen molar-refractivity contribution >= 4 is 27.9 Å². The third kappa shape index (κ3) is 12.4. The molecule has 0 saturated carbocycles. The Balaban J connectivity index is 0.000000905. The molecular weight excluding hydrogens is 537 g/mol. The third-order valence-corrected chi connectivity index (χ3v) is 5.81. The second-order valence-electron chi connectivity index (χ2n) is 7.55. The molecule has 0 heterocycles. The van der Waals surface area contributed by atoms with E-state index >= 15 is 0 Å². The lowest BCUT2D eigenvalue weighted by Gasteiger charge is -2.15. The third-order valence-electron chi connectivity index (χ3n) is 4.34. The minimum atomic E-state index is -5.08. The lowest BCUT2D eigenvalue weighted by atomic mass is 10.1. The molecule has 0 spiro atoms. The van der Waals surface area contributed by atoms with E-state index < -0.39 is 34.2 Å². The summed E-state index contributed by atoms with van der Waals surface area (Å²) < 4.78 is 64.6. The molecule has 7 N–H and O–H groups in total. The zero-order chi connectivity index (χ0) is 28.9. The number of ether oxygens (including phenoxy) is 1. The average molecular weight is 565 g/mol. The van der Waals surface area contributed by atoms with Gasteiger partial charge in [-0.1, -0.05) is 24.3 Å². The highest BCUT2D eigenvalue weighted by molar-refractivity contribution is 7.89. The molecule has 2 rings (SSSR count). The van der Waals surface area contributed by atoms with Gasteiger partial charge in [0, 0.05) is 6.42 Å². The Labute approximate surface area is 216 Å². The number of carboxylic acid groups (broad SMARTS) is 2. The van der Waals surface area contributed by atoms with Crippen LogP contribution >= 0.6 is 0 Å². The number of guanidine groups is 1. The normalized spacial score (nSPS) is 12.0. The highest BCUT2D eigenvalue weighted by Crippen LogP contribution is 2.16. The Bertz CT molecular complexity index is 1190. The van der Waals surface area contributed by atoms with Gasteiger partial charge in [0.1, 0.15) is 11.8 Å². The number of alkyl halides is 3. The van der Waals surface area contributed by atoms with E-state index in [9.17, 15) is 31.5 Å². The lowest BCUT2D eigenvalue weighted by molar-refractivity contribution is -0.192. The van der Waals surface area contributed by atoms with Gasteiger partial charge in [-0.3, -0.25) is 15.0 Å². The van der Waals surface area contributed by atoms with Crippen LogP contribution in [0.4, 0.5) is 13.2 Å². The van der Waals surface area contributed by atoms with Gasteiger partial charge in [0.2, 0.25) is 16.0 Å². The number of hydrogen-bond donors (Lipinski definition) is 6. The molecule has 0 aliphatic carbocycles. The molecule has 12 nitrogen and oxygen atoms in total. The second-order valence-corrected chi connectivity index (χ2v) is 9.26. The maximum atomic E-state index is 12.5. The monoisotopic (exact) mass is 564 g/mol. The summed E-state index contributed by atoms with van der Waals surface area (Å²) in [6, 6.07) is 11.7. The quantitative estimate of drug-likeness (QED) is 0.0955. The molecule has 0 aromatic heterocycles. The van der Waals surface area contributed by atoms with Crippen LogP contribution in [-0.4, -0.2) is 62.0 Å². The van der Waals surface area contributed by atoms with Gasteiger partial charge in [0.05, 0.1) is 18.1 Å². The topological polar surface area (TPSA) is 201 Å². The summed E-state index contributed by atoms with van der Waals surface area (Å²) in [4.78, 5) is 25.4. The minimum absolute atomic E-state index is 0.0185. The van der Waals surface area contributed by atoms with Crippen LogP contribution in [0.1, 0.15) is 17.5 Å². The maximum absolute atomic E-state index is 12.5. The van der Waals surface area contributed by atoms with E-state index in [1.54, 1.807) is 43.3 Å². The van der Waals surface area contributed by atoms with E-state index in [0.717, 1.165) is 5.56 Å². The molecule has 2 aromatic carbocycles. The number of hydrogen-bond acceptors (Lipinski definition) is 7. The van der Waals surface area contributed by atoms with E-state index in [2.05, 4.69) is 10.2 Å². The number of carboxylic acids is 2. The Kier molecular flexibility index (Phi) is 12.5. The number of nitrogens with two attached hydrogens (primary N) is 1. The second kappa shape index (κ2) is 14.7. The molecule has 38 heavy (non-hydrogen) atoms. The summed E-state index contributed by atoms with van der Waals surface area (Å²) in [5.74, 6) is -3.73. The van der Waals surface area contributed by atoms with Crippen molar-refractivity contribution in [2.45, 2.75) is 36.9 Å². The van der Waals surface area contributed by atoms with Crippen LogP contribution in [0.5, 0.6) is 5.75 Å². The van der Waals surface area contributed by atoms with E-state index in [1.165, 1.54) is 12.1 Å². The molecule has 1 atom stereocenters. The van der Waals surface area contributed by atoms with Crippen molar-refractivity contribution in [1.29, 1.82) is 5.41 Å². The number of sulfonamides is 1. The van der Waals surface area contributed by atoms with E-state index in [4.69, 9.17) is 30.6 Å². The summed E-state index contributed by atoms with van der Waals surface area (Å²) in [6.07, 6.45) is -4.55. The van der Waals surface area contributed by atoms with Crippen molar-refractivity contribution in [2.24, 2.45) is 5.73 Å². The number of carbonyl (C=O) groups is 2. The minimum Gasteiger partial charge on any atom is -0.494 e. The fourth-order valence-corrected chi connectivity index (χ4v) is 3.92. The van der Waals surface area contributed by atoms with Crippen LogP contribution in [0, 0.1) is 12.3 Å². The molecule has 0 bridgehead atoms. The van der Waals surface area contributed by atoms with Crippen molar-refractivity contribution in [2.75, 3.05) is 13.2 Å². The highest BCUT2D eigenvalue weighted by Gasteiger charge is 2.38. The van der Waals surface area contributed by atoms with E-state index in [-0.39, 0.29) is 17.3 Å². The van der Waals surface area contributed by atoms with Gasteiger partial charge < -0.3 is 20.7 Å². The van der Waals surface area contributed by atoms with E-state index in [0.29, 0.717) is 30.9 Å². The predicted molar refractivity (Wildman–Crippen MR) is 128 cm³/mol. The number of nitrogens with one attached hydrogen (secondary N) is 3. The molecular formula is C22H27F3N4O8S. The Morgan fingerprint density at radius 3 is 2.21 bits per heavy atom. The molecule has 0 amide bonds. The number of hydroxylamine groups is 1. The molecule has 0 unspecified atom stereocenters. The van der Waals surface area contributed by atoms with Gasteiger partial charge in [-0.25, -0.2) is 18.7 Å². The first-order valence-corrected chi connectivity index (χ1v) is 12.2. The maximum Gasteiger partial charge on any atom is 0.490 e. The summed E-state index contributed by atoms with van der Waals surface area (Å²) in [6.45, 7) is 2.43. The first-order chi connectivity index (χ1) is 17.6. The fraction of sp³-hybridized carbons (Fsp3) is 0.318. The zero-order valence-corrected chi connectivity index (χ0v) is 20.8. The van der Waals surface area contributed by atoms with Crippen LogP contribution < -0.4 is 20.7 Å². The average Bonchev–Trinajstić information content (AvgIpc) is 2.81. The summed E-state index contributed by atoms with van der Waals surface area (Å²) in [7, 11) is -3.97. The molecule has 0 aliphatic rings. The molecule has 0 radical (unpaired) electrons. The number of benzene rings is 2. The Morgan fingerprint density at radius 1 is 1.11 bits per heavy atom. The van der Waals surface area contributed by atoms with Crippen LogP contribution in [0.15, 0.2) is 53.4 Å². The molecule has 0 saturated heterocycles. The lowest BCUT2D eigenvalue weighted by Crippen LogP contribution is -2.42. The van der Waals surface area contributed by atoms with Gasteiger partial charge in [-0.05, 0) is 48.7 Å². The zero-order valence-electron chi connectivity index (χ0n) is 20.0. The van der Waals surface area contributed by atoms with Gasteiger partial charge in [-0.15, -0.1) is 0 Å². The van der Waals surface area contributed by atoms with Crippen LogP contribution in [0.2, 0.25) is 0 Å². The van der Waals surface area contributed by atoms with Gasteiger partial charge in [-0.2, -0.15) is 17.9 Å². The number of rotatable bonds is 12. The predicted octanol–water partition coefficient (Wildman–Crippen LogP) is 1.79. The van der Waals surface area contributed by atoms with Crippen molar-refractivity contribution in [1.82, 2.24) is 10.2 Å². The Hall–Kier alpha value is -3.89. The van der Waals surface area contributed by atoms with Gasteiger partial charge in [0.15, 0.2) is 0 Å². The molecule has 0 aliphatic heterocycles. The number of aryl methyl sites for hydroxylation is 1. The van der Waals surface area contributed by atoms with Crippen molar-refractivity contribution in [3.05, 3.63) is 59.7 Å². The first kappa shape index (κ1) is 32.1. The smallest absolute Gasteiger partial charge is 0.490 e. The summed E-state index contributed by atoms with van der Waals surface area (Å²) in [5.41, 5.74) is 8.69.